The molecule has 0 aliphatic rings. The lowest BCUT2D eigenvalue weighted by molar-refractivity contribution is -0.118. The van der Waals surface area contributed by atoms with Gasteiger partial charge in [0.2, 0.25) is 0 Å². The highest BCUT2D eigenvalue weighted by atomic mass is 16.7. The summed E-state index contributed by atoms with van der Waals surface area (Å²) in [6.45, 7) is 5.89. The molecule has 0 radical (unpaired) electrons. The lowest BCUT2D eigenvalue weighted by atomic mass is 10.1. The highest BCUT2D eigenvalue weighted by Gasteiger charge is 2.12. The SMILES string of the molecule is CCOC(=O)Oc1ccc(C(=O)NCc2ccccc2NC(=O)COc2cccc(C)c2C)cc1. The molecule has 182 valence electrons. The summed E-state index contributed by atoms with van der Waals surface area (Å²) in [6, 6.07) is 19.0. The minimum atomic E-state index is -0.803. The normalized spacial score (nSPS) is 10.3. The first-order valence-corrected chi connectivity index (χ1v) is 11.2. The molecule has 0 saturated carbocycles. The Morgan fingerprint density at radius 2 is 1.63 bits per heavy atom. The van der Waals surface area contributed by atoms with Gasteiger partial charge in [0.05, 0.1) is 6.61 Å². The molecule has 0 heterocycles. The maximum Gasteiger partial charge on any atom is 0.513 e. The number of aryl methyl sites for hydroxylation is 1. The maximum atomic E-state index is 12.6. The van der Waals surface area contributed by atoms with Crippen LogP contribution in [0.2, 0.25) is 0 Å². The van der Waals surface area contributed by atoms with Crippen molar-refractivity contribution >= 4 is 23.7 Å². The number of anilines is 1. The third kappa shape index (κ3) is 7.33. The van der Waals surface area contributed by atoms with Crippen LogP contribution in [0, 0.1) is 13.8 Å². The molecule has 2 N–H and O–H groups in total. The molecule has 8 nitrogen and oxygen atoms in total. The zero-order valence-corrected chi connectivity index (χ0v) is 19.9. The Labute approximate surface area is 204 Å². The van der Waals surface area contributed by atoms with Crippen molar-refractivity contribution in [2.24, 2.45) is 0 Å². The van der Waals surface area contributed by atoms with Crippen LogP contribution in [0.25, 0.3) is 0 Å². The molecule has 3 rings (SSSR count). The Balaban J connectivity index is 1.55. The lowest BCUT2D eigenvalue weighted by Crippen LogP contribution is -2.25. The van der Waals surface area contributed by atoms with Gasteiger partial charge >= 0.3 is 6.16 Å². The van der Waals surface area contributed by atoms with E-state index < -0.39 is 6.16 Å². The Hall–Kier alpha value is -4.33. The van der Waals surface area contributed by atoms with E-state index in [2.05, 4.69) is 10.6 Å². The van der Waals surface area contributed by atoms with E-state index in [1.54, 1.807) is 31.2 Å². The molecule has 3 aromatic carbocycles. The molecule has 2 amide bonds. The fraction of sp³-hybridized carbons (Fsp3) is 0.222. The molecule has 0 aliphatic heterocycles. The van der Waals surface area contributed by atoms with Crippen molar-refractivity contribution in [2.45, 2.75) is 27.3 Å². The number of hydrogen-bond donors (Lipinski definition) is 2. The van der Waals surface area contributed by atoms with Gasteiger partial charge in [-0.25, -0.2) is 4.79 Å². The quantitative estimate of drug-likeness (QED) is 0.340. The van der Waals surface area contributed by atoms with Crippen LogP contribution >= 0.6 is 0 Å². The fourth-order valence-electron chi connectivity index (χ4n) is 3.20. The average Bonchev–Trinajstić information content (AvgIpc) is 2.85. The third-order valence-corrected chi connectivity index (χ3v) is 5.22. The van der Waals surface area contributed by atoms with Gasteiger partial charge in [0.15, 0.2) is 6.61 Å². The van der Waals surface area contributed by atoms with E-state index in [0.717, 1.165) is 16.7 Å². The van der Waals surface area contributed by atoms with Gasteiger partial charge in [-0.2, -0.15) is 0 Å². The van der Waals surface area contributed by atoms with E-state index in [-0.39, 0.29) is 37.3 Å². The number of para-hydroxylation sites is 1. The molecule has 0 bridgehead atoms. The molecule has 0 atom stereocenters. The molecular formula is C27H28N2O6. The van der Waals surface area contributed by atoms with Crippen LogP contribution in [0.5, 0.6) is 11.5 Å². The minimum absolute atomic E-state index is 0.134. The van der Waals surface area contributed by atoms with Gasteiger partial charge in [0, 0.05) is 17.8 Å². The number of ether oxygens (including phenoxy) is 3. The summed E-state index contributed by atoms with van der Waals surface area (Å²) in [7, 11) is 0. The molecule has 0 spiro atoms. The van der Waals surface area contributed by atoms with Crippen molar-refractivity contribution in [3.63, 3.8) is 0 Å². The second kappa shape index (κ2) is 12.2. The molecule has 0 unspecified atom stereocenters. The summed E-state index contributed by atoms with van der Waals surface area (Å²) in [6.07, 6.45) is -0.803. The van der Waals surface area contributed by atoms with Gasteiger partial charge < -0.3 is 24.8 Å². The molecule has 0 fully saturated rings. The van der Waals surface area contributed by atoms with Gasteiger partial charge in [-0.05, 0) is 73.9 Å². The highest BCUT2D eigenvalue weighted by Crippen LogP contribution is 2.21. The third-order valence-electron chi connectivity index (χ3n) is 5.22. The minimum Gasteiger partial charge on any atom is -0.483 e. The van der Waals surface area contributed by atoms with Crippen molar-refractivity contribution in [3.05, 3.63) is 89.0 Å². The second-order valence-corrected chi connectivity index (χ2v) is 7.68. The molecule has 0 aliphatic carbocycles. The number of carbonyl (C=O) groups is 3. The topological polar surface area (TPSA) is 103 Å². The van der Waals surface area contributed by atoms with Crippen molar-refractivity contribution in [3.8, 4) is 11.5 Å². The smallest absolute Gasteiger partial charge is 0.483 e. The van der Waals surface area contributed by atoms with E-state index in [1.165, 1.54) is 12.1 Å². The van der Waals surface area contributed by atoms with Crippen LogP contribution < -0.4 is 20.1 Å². The number of benzene rings is 3. The van der Waals surface area contributed by atoms with Crippen molar-refractivity contribution < 1.29 is 28.6 Å². The van der Waals surface area contributed by atoms with E-state index >= 15 is 0 Å². The van der Waals surface area contributed by atoms with Crippen LogP contribution in [-0.2, 0) is 16.1 Å². The zero-order valence-electron chi connectivity index (χ0n) is 19.9. The van der Waals surface area contributed by atoms with Crippen molar-refractivity contribution in [2.75, 3.05) is 18.5 Å². The summed E-state index contributed by atoms with van der Waals surface area (Å²) >= 11 is 0. The molecule has 0 saturated heterocycles. The maximum absolute atomic E-state index is 12.6. The number of rotatable bonds is 9. The van der Waals surface area contributed by atoms with E-state index in [4.69, 9.17) is 14.2 Å². The summed E-state index contributed by atoms with van der Waals surface area (Å²) in [5.74, 6) is 0.324. The number of hydrogen-bond acceptors (Lipinski definition) is 6. The molecular weight excluding hydrogens is 448 g/mol. The van der Waals surface area contributed by atoms with Crippen LogP contribution in [0.15, 0.2) is 66.7 Å². The van der Waals surface area contributed by atoms with E-state index in [9.17, 15) is 14.4 Å². The first-order valence-electron chi connectivity index (χ1n) is 11.2. The summed E-state index contributed by atoms with van der Waals surface area (Å²) in [5.41, 5.74) is 3.79. The second-order valence-electron chi connectivity index (χ2n) is 7.68. The Morgan fingerprint density at radius 1 is 0.886 bits per heavy atom. The van der Waals surface area contributed by atoms with Gasteiger partial charge in [0.25, 0.3) is 11.8 Å². The Morgan fingerprint density at radius 3 is 2.37 bits per heavy atom. The number of nitrogens with one attached hydrogen (secondary N) is 2. The first kappa shape index (κ1) is 25.3. The van der Waals surface area contributed by atoms with Crippen molar-refractivity contribution in [1.82, 2.24) is 5.32 Å². The van der Waals surface area contributed by atoms with E-state index in [1.807, 2.05) is 44.2 Å². The van der Waals surface area contributed by atoms with E-state index in [0.29, 0.717) is 17.0 Å². The summed E-state index contributed by atoms with van der Waals surface area (Å²) < 4.78 is 15.4. The number of carbonyl (C=O) groups excluding carboxylic acids is 3. The van der Waals surface area contributed by atoms with Crippen LogP contribution in [-0.4, -0.2) is 31.2 Å². The predicted octanol–water partition coefficient (Wildman–Crippen LogP) is 4.79. The predicted molar refractivity (Wildman–Crippen MR) is 132 cm³/mol. The van der Waals surface area contributed by atoms with Gasteiger partial charge in [0.1, 0.15) is 11.5 Å². The molecule has 8 heteroatoms. The molecule has 35 heavy (non-hydrogen) atoms. The summed E-state index contributed by atoms with van der Waals surface area (Å²) in [5, 5.41) is 5.67. The lowest BCUT2D eigenvalue weighted by Gasteiger charge is -2.14. The average molecular weight is 477 g/mol. The van der Waals surface area contributed by atoms with Crippen LogP contribution in [0.4, 0.5) is 10.5 Å². The van der Waals surface area contributed by atoms with Gasteiger partial charge in [-0.3, -0.25) is 9.59 Å². The standard InChI is InChI=1S/C27H28N2O6/c1-4-33-27(32)35-22-14-12-20(13-15-22)26(31)28-16-21-9-5-6-10-23(21)29-25(30)17-34-24-11-7-8-18(2)19(24)3/h5-15H,4,16-17H2,1-3H3,(H,28,31)(H,29,30). The zero-order chi connectivity index (χ0) is 25.2. The largest absolute Gasteiger partial charge is 0.513 e. The van der Waals surface area contributed by atoms with Gasteiger partial charge in [-0.1, -0.05) is 30.3 Å². The van der Waals surface area contributed by atoms with Crippen LogP contribution in [0.1, 0.15) is 34.0 Å². The fourth-order valence-corrected chi connectivity index (χ4v) is 3.20. The highest BCUT2D eigenvalue weighted by molar-refractivity contribution is 5.95. The molecule has 0 aromatic heterocycles. The van der Waals surface area contributed by atoms with Crippen molar-refractivity contribution in [1.29, 1.82) is 0 Å². The monoisotopic (exact) mass is 476 g/mol. The number of amides is 2. The van der Waals surface area contributed by atoms with Gasteiger partial charge in [-0.15, -0.1) is 0 Å². The first-order chi connectivity index (χ1) is 16.9. The Bertz CT molecular complexity index is 1190. The molecule has 3 aromatic rings. The van der Waals surface area contributed by atoms with Crippen LogP contribution in [0.3, 0.4) is 0 Å². The summed E-state index contributed by atoms with van der Waals surface area (Å²) in [4.78, 5) is 36.4. The Kier molecular flexibility index (Phi) is 8.83.